The Morgan fingerprint density at radius 3 is 1.24 bits per heavy atom. The Balaban J connectivity index is 1.57. The summed E-state index contributed by atoms with van der Waals surface area (Å²) >= 11 is 0. The van der Waals surface area contributed by atoms with Crippen LogP contribution in [0.3, 0.4) is 0 Å². The Kier molecular flexibility index (Phi) is 7.24. The lowest BCUT2D eigenvalue weighted by atomic mass is 9.86. The van der Waals surface area contributed by atoms with Crippen molar-refractivity contribution in [1.82, 2.24) is 0 Å². The quantitative estimate of drug-likeness (QED) is 0.182. The van der Waals surface area contributed by atoms with Gasteiger partial charge in [-0.1, -0.05) is 134 Å². The first-order valence-corrected chi connectivity index (χ1v) is 12.6. The van der Waals surface area contributed by atoms with E-state index in [1.165, 1.54) is 0 Å². The average molecular weight is 494 g/mol. The Morgan fingerprint density at radius 1 is 0.500 bits per heavy atom. The summed E-state index contributed by atoms with van der Waals surface area (Å²) in [4.78, 5) is 0. The van der Waals surface area contributed by atoms with Crippen molar-refractivity contribution in [2.24, 2.45) is 0 Å². The highest BCUT2D eigenvalue weighted by molar-refractivity contribution is 5.46. The van der Waals surface area contributed by atoms with Crippen molar-refractivity contribution in [1.29, 1.82) is 0 Å². The highest BCUT2D eigenvalue weighted by atomic mass is 16.5. The van der Waals surface area contributed by atoms with Crippen LogP contribution < -0.4 is 9.47 Å². The number of rotatable bonds is 10. The van der Waals surface area contributed by atoms with Gasteiger partial charge in [0, 0.05) is 34.4 Å². The highest BCUT2D eigenvalue weighted by Gasteiger charge is 2.35. The minimum Gasteiger partial charge on any atom is -0.474 e. The van der Waals surface area contributed by atoms with E-state index in [1.54, 1.807) is 0 Å². The Bertz CT molecular complexity index is 1280. The average Bonchev–Trinajstić information content (AvgIpc) is 3.01. The molecule has 0 heterocycles. The molecule has 5 rings (SSSR count). The SMILES string of the molecule is C=CC(Oc1[c]ccc(OC(C=C)(c2ccccc2)c2ccccc2)c1)(c1ccccc1)c1ccccc1. The number of hydrogen-bond acceptors (Lipinski definition) is 2. The summed E-state index contributed by atoms with van der Waals surface area (Å²) in [5.74, 6) is 1.17. The van der Waals surface area contributed by atoms with Gasteiger partial charge in [-0.05, 0) is 24.3 Å². The van der Waals surface area contributed by atoms with Gasteiger partial charge in [0.05, 0.1) is 0 Å². The zero-order chi connectivity index (χ0) is 26.3. The molecule has 0 amide bonds. The Morgan fingerprint density at radius 2 is 0.868 bits per heavy atom. The van der Waals surface area contributed by atoms with Gasteiger partial charge in [-0.3, -0.25) is 0 Å². The van der Waals surface area contributed by atoms with E-state index < -0.39 is 11.2 Å². The lowest BCUT2D eigenvalue weighted by molar-refractivity contribution is 0.153. The molecule has 0 aromatic heterocycles. The summed E-state index contributed by atoms with van der Waals surface area (Å²) in [6.45, 7) is 8.35. The van der Waals surface area contributed by atoms with E-state index in [0.29, 0.717) is 11.5 Å². The van der Waals surface area contributed by atoms with Crippen LogP contribution in [0.5, 0.6) is 11.5 Å². The van der Waals surface area contributed by atoms with Crippen LogP contribution in [0.25, 0.3) is 0 Å². The molecule has 38 heavy (non-hydrogen) atoms. The summed E-state index contributed by atoms with van der Waals surface area (Å²) < 4.78 is 13.5. The maximum absolute atomic E-state index is 6.78. The van der Waals surface area contributed by atoms with Crippen molar-refractivity contribution in [2.75, 3.05) is 0 Å². The molecule has 185 valence electrons. The predicted molar refractivity (Wildman–Crippen MR) is 154 cm³/mol. The molecule has 0 atom stereocenters. The monoisotopic (exact) mass is 493 g/mol. The van der Waals surface area contributed by atoms with Gasteiger partial charge in [0.1, 0.15) is 11.5 Å². The van der Waals surface area contributed by atoms with Gasteiger partial charge in [0.2, 0.25) is 0 Å². The Labute approximate surface area is 225 Å². The summed E-state index contributed by atoms with van der Waals surface area (Å²) in [5.41, 5.74) is 2.09. The molecule has 2 nitrogen and oxygen atoms in total. The van der Waals surface area contributed by atoms with Crippen LogP contribution in [0.4, 0.5) is 0 Å². The van der Waals surface area contributed by atoms with Crippen molar-refractivity contribution in [2.45, 2.75) is 11.2 Å². The Hall–Kier alpha value is -4.82. The van der Waals surface area contributed by atoms with Crippen LogP contribution in [0.1, 0.15) is 22.3 Å². The van der Waals surface area contributed by atoms with Crippen LogP contribution in [-0.2, 0) is 11.2 Å². The second kappa shape index (κ2) is 11.1. The highest BCUT2D eigenvalue weighted by Crippen LogP contribution is 2.40. The molecular weight excluding hydrogens is 464 g/mol. The number of hydrogen-bond donors (Lipinski definition) is 0. The van der Waals surface area contributed by atoms with Crippen molar-refractivity contribution in [3.63, 3.8) is 0 Å². The lowest BCUT2D eigenvalue weighted by Crippen LogP contribution is -2.33. The zero-order valence-electron chi connectivity index (χ0n) is 21.2. The van der Waals surface area contributed by atoms with Gasteiger partial charge in [-0.25, -0.2) is 0 Å². The molecule has 0 saturated heterocycles. The van der Waals surface area contributed by atoms with Crippen LogP contribution in [0.15, 0.2) is 165 Å². The van der Waals surface area contributed by atoms with E-state index in [4.69, 9.17) is 9.47 Å². The maximum Gasteiger partial charge on any atom is 0.177 e. The molecule has 0 spiro atoms. The van der Waals surface area contributed by atoms with E-state index in [1.807, 2.05) is 127 Å². The molecule has 5 aromatic rings. The smallest absolute Gasteiger partial charge is 0.177 e. The first-order valence-electron chi connectivity index (χ1n) is 12.6. The van der Waals surface area contributed by atoms with Crippen LogP contribution in [-0.4, -0.2) is 0 Å². The first-order chi connectivity index (χ1) is 18.7. The molecule has 0 N–H and O–H groups in total. The van der Waals surface area contributed by atoms with E-state index in [0.717, 1.165) is 22.3 Å². The fraction of sp³-hybridized carbons (Fsp3) is 0.0556. The maximum atomic E-state index is 6.78. The second-order valence-corrected chi connectivity index (χ2v) is 8.94. The van der Waals surface area contributed by atoms with Crippen LogP contribution >= 0.6 is 0 Å². The molecule has 0 aliphatic rings. The molecule has 0 saturated carbocycles. The fourth-order valence-corrected chi connectivity index (χ4v) is 4.77. The van der Waals surface area contributed by atoms with Crippen LogP contribution in [0, 0.1) is 6.07 Å². The predicted octanol–water partition coefficient (Wildman–Crippen LogP) is 8.50. The summed E-state index contributed by atoms with van der Waals surface area (Å²) in [6, 6.07) is 49.2. The van der Waals surface area contributed by atoms with Gasteiger partial charge in [0.15, 0.2) is 11.2 Å². The number of benzene rings is 5. The second-order valence-electron chi connectivity index (χ2n) is 8.94. The van der Waals surface area contributed by atoms with Gasteiger partial charge < -0.3 is 9.47 Å². The molecule has 0 aliphatic carbocycles. The molecule has 0 unspecified atom stereocenters. The molecule has 0 bridgehead atoms. The largest absolute Gasteiger partial charge is 0.474 e. The van der Waals surface area contributed by atoms with Gasteiger partial charge in [-0.15, -0.1) is 0 Å². The van der Waals surface area contributed by atoms with E-state index in [2.05, 4.69) is 43.5 Å². The normalized spacial score (nSPS) is 11.4. The molecule has 0 aliphatic heterocycles. The van der Waals surface area contributed by atoms with Crippen molar-refractivity contribution < 1.29 is 9.47 Å². The standard InChI is InChI=1S/C36H29O2/c1-3-35(29-18-9-5-10-19-29,30-20-11-6-12-21-30)37-33-26-17-27-34(28-33)38-36(4-2,31-22-13-7-14-23-31)32-24-15-8-16-25-32/h3-26,28H,1-2H2. The van der Waals surface area contributed by atoms with E-state index in [-0.39, 0.29) is 0 Å². The van der Waals surface area contributed by atoms with Gasteiger partial charge in [-0.2, -0.15) is 0 Å². The lowest BCUT2D eigenvalue weighted by Gasteiger charge is -2.34. The molecule has 0 fully saturated rings. The van der Waals surface area contributed by atoms with Crippen LogP contribution in [0.2, 0.25) is 0 Å². The van der Waals surface area contributed by atoms with Crippen molar-refractivity contribution >= 4 is 0 Å². The molecule has 1 radical (unpaired) electrons. The molecule has 5 aromatic carbocycles. The first kappa shape index (κ1) is 24.9. The molecular formula is C36H29O2. The third-order valence-electron chi connectivity index (χ3n) is 6.68. The van der Waals surface area contributed by atoms with Gasteiger partial charge in [0.25, 0.3) is 0 Å². The summed E-state index contributed by atoms with van der Waals surface area (Å²) in [7, 11) is 0. The van der Waals surface area contributed by atoms with Crippen molar-refractivity contribution in [3.05, 3.63) is 193 Å². The van der Waals surface area contributed by atoms with Crippen molar-refractivity contribution in [3.8, 4) is 11.5 Å². The van der Waals surface area contributed by atoms with E-state index >= 15 is 0 Å². The fourth-order valence-electron chi connectivity index (χ4n) is 4.77. The summed E-state index contributed by atoms with van der Waals surface area (Å²) in [6.07, 6.45) is 3.68. The minimum atomic E-state index is -0.911. The molecule has 2 heteroatoms. The number of ether oxygens (including phenoxy) is 2. The summed E-state index contributed by atoms with van der Waals surface area (Å²) in [5, 5.41) is 0. The third kappa shape index (κ3) is 4.77. The van der Waals surface area contributed by atoms with E-state index in [9.17, 15) is 0 Å². The minimum absolute atomic E-state index is 0.536. The zero-order valence-corrected chi connectivity index (χ0v) is 21.2. The third-order valence-corrected chi connectivity index (χ3v) is 6.68. The van der Waals surface area contributed by atoms with Gasteiger partial charge >= 0.3 is 0 Å². The topological polar surface area (TPSA) is 18.5 Å².